The molecule has 0 atom stereocenters. The lowest BCUT2D eigenvalue weighted by Crippen LogP contribution is -2.29. The van der Waals surface area contributed by atoms with Gasteiger partial charge in [0.05, 0.1) is 9.92 Å². The van der Waals surface area contributed by atoms with Crippen LogP contribution in [0.25, 0.3) is 0 Å². The van der Waals surface area contributed by atoms with Crippen molar-refractivity contribution in [2.24, 2.45) is 0 Å². The summed E-state index contributed by atoms with van der Waals surface area (Å²) < 4.78 is 81.7. The van der Waals surface area contributed by atoms with Gasteiger partial charge in [0.15, 0.2) is 16.4 Å². The Kier molecular flexibility index (Phi) is 5.26. The van der Waals surface area contributed by atoms with E-state index in [0.717, 1.165) is 24.5 Å². The van der Waals surface area contributed by atoms with Crippen molar-refractivity contribution < 1.29 is 34.8 Å². The van der Waals surface area contributed by atoms with Gasteiger partial charge in [0.2, 0.25) is 0 Å². The van der Waals surface area contributed by atoms with Gasteiger partial charge in [-0.15, -0.1) is 0 Å². The van der Waals surface area contributed by atoms with E-state index >= 15 is 0 Å². The Morgan fingerprint density at radius 1 is 1.24 bits per heavy atom. The van der Waals surface area contributed by atoms with Crippen molar-refractivity contribution in [3.05, 3.63) is 23.2 Å². The predicted octanol–water partition coefficient (Wildman–Crippen LogP) is 1.52. The van der Waals surface area contributed by atoms with Crippen LogP contribution < -0.4 is 4.89 Å². The largest absolute Gasteiger partial charge is 0.413 e. The standard InChI is InChI=1S/C9H9ClF3NO5S2/c1-20(15,16)6-2-3-7(10)8(4-6)21(17,18)14-19-5-9(11,12)13/h2-4,14H,5H2,1H3. The van der Waals surface area contributed by atoms with Gasteiger partial charge in [-0.3, -0.25) is 4.84 Å². The molecule has 0 bridgehead atoms. The maximum Gasteiger partial charge on any atom is 0.413 e. The Balaban J connectivity index is 3.08. The SMILES string of the molecule is CS(=O)(=O)c1ccc(Cl)c(S(=O)(=O)NOCC(F)(F)F)c1. The molecule has 0 spiro atoms. The molecular formula is C9H9ClF3NO5S2. The van der Waals surface area contributed by atoms with E-state index in [1.165, 1.54) is 4.89 Å². The third kappa shape index (κ3) is 5.43. The average molecular weight is 368 g/mol. The van der Waals surface area contributed by atoms with Crippen molar-refractivity contribution in [3.63, 3.8) is 0 Å². The van der Waals surface area contributed by atoms with Crippen LogP contribution >= 0.6 is 11.6 Å². The van der Waals surface area contributed by atoms with Crippen LogP contribution in [0.2, 0.25) is 5.02 Å². The van der Waals surface area contributed by atoms with Crippen molar-refractivity contribution in [1.29, 1.82) is 0 Å². The van der Waals surface area contributed by atoms with Gasteiger partial charge in [-0.2, -0.15) is 13.2 Å². The summed E-state index contributed by atoms with van der Waals surface area (Å²) in [5.41, 5.74) is 0. The van der Waals surface area contributed by atoms with Crippen molar-refractivity contribution >= 4 is 31.5 Å². The molecule has 21 heavy (non-hydrogen) atoms. The first-order valence-electron chi connectivity index (χ1n) is 5.03. The van der Waals surface area contributed by atoms with Crippen LogP contribution in [0.5, 0.6) is 0 Å². The van der Waals surface area contributed by atoms with Crippen molar-refractivity contribution in [3.8, 4) is 0 Å². The summed E-state index contributed by atoms with van der Waals surface area (Å²) in [4.78, 5) is 3.98. The van der Waals surface area contributed by atoms with Crippen molar-refractivity contribution in [2.75, 3.05) is 12.9 Å². The van der Waals surface area contributed by atoms with Crippen LogP contribution in [0.3, 0.4) is 0 Å². The molecule has 1 N–H and O–H groups in total. The topological polar surface area (TPSA) is 89.5 Å². The lowest BCUT2D eigenvalue weighted by molar-refractivity contribution is -0.181. The minimum Gasteiger partial charge on any atom is -0.277 e. The third-order valence-corrected chi connectivity index (χ3v) is 4.83. The Morgan fingerprint density at radius 3 is 2.29 bits per heavy atom. The smallest absolute Gasteiger partial charge is 0.277 e. The number of alkyl halides is 3. The van der Waals surface area contributed by atoms with E-state index in [-0.39, 0.29) is 9.92 Å². The highest BCUT2D eigenvalue weighted by atomic mass is 35.5. The second-order valence-corrected chi connectivity index (χ2v) is 7.89. The molecule has 1 rings (SSSR count). The summed E-state index contributed by atoms with van der Waals surface area (Å²) in [6.07, 6.45) is -3.90. The molecule has 0 aliphatic rings. The fraction of sp³-hybridized carbons (Fsp3) is 0.333. The molecule has 0 unspecified atom stereocenters. The molecule has 0 aliphatic heterocycles. The molecule has 0 heterocycles. The lowest BCUT2D eigenvalue weighted by Gasteiger charge is -2.11. The number of hydrogen-bond donors (Lipinski definition) is 1. The zero-order valence-electron chi connectivity index (χ0n) is 10.3. The fourth-order valence-corrected chi connectivity index (χ4v) is 3.21. The zero-order chi connectivity index (χ0) is 16.5. The van der Waals surface area contributed by atoms with E-state index in [9.17, 15) is 30.0 Å². The zero-order valence-corrected chi connectivity index (χ0v) is 12.7. The van der Waals surface area contributed by atoms with Gasteiger partial charge < -0.3 is 0 Å². The highest BCUT2D eigenvalue weighted by Crippen LogP contribution is 2.25. The summed E-state index contributed by atoms with van der Waals surface area (Å²) in [7, 11) is -8.28. The van der Waals surface area contributed by atoms with Gasteiger partial charge in [-0.1, -0.05) is 16.5 Å². The van der Waals surface area contributed by atoms with E-state index in [0.29, 0.717) is 0 Å². The van der Waals surface area contributed by atoms with Crippen LogP contribution in [0.1, 0.15) is 0 Å². The Labute approximate surface area is 123 Å². The third-order valence-electron chi connectivity index (χ3n) is 2.02. The van der Waals surface area contributed by atoms with Crippen LogP contribution in [-0.4, -0.2) is 35.9 Å². The number of nitrogens with one attached hydrogen (secondary N) is 1. The number of benzene rings is 1. The maximum absolute atomic E-state index is 11.9. The van der Waals surface area contributed by atoms with Gasteiger partial charge in [-0.05, 0) is 18.2 Å². The summed E-state index contributed by atoms with van der Waals surface area (Å²) in [5.74, 6) is 0. The normalized spacial score (nSPS) is 13.4. The monoisotopic (exact) mass is 367 g/mol. The van der Waals surface area contributed by atoms with Gasteiger partial charge in [0, 0.05) is 6.26 Å². The summed E-state index contributed by atoms with van der Waals surface area (Å²) in [5, 5.41) is -0.370. The minimum absolute atomic E-state index is 0.358. The van der Waals surface area contributed by atoms with E-state index < -0.39 is 37.5 Å². The lowest BCUT2D eigenvalue weighted by atomic mass is 10.4. The van der Waals surface area contributed by atoms with E-state index in [1.807, 2.05) is 0 Å². The molecule has 0 amide bonds. The van der Waals surface area contributed by atoms with Gasteiger partial charge in [0.1, 0.15) is 4.90 Å². The first-order valence-corrected chi connectivity index (χ1v) is 8.78. The quantitative estimate of drug-likeness (QED) is 0.797. The molecule has 6 nitrogen and oxygen atoms in total. The Bertz CT molecular complexity index is 730. The van der Waals surface area contributed by atoms with Gasteiger partial charge in [0.25, 0.3) is 10.0 Å². The van der Waals surface area contributed by atoms with Crippen molar-refractivity contribution in [2.45, 2.75) is 16.0 Å². The molecule has 120 valence electrons. The molecule has 0 aromatic heterocycles. The van der Waals surface area contributed by atoms with Crippen molar-refractivity contribution in [1.82, 2.24) is 4.89 Å². The second kappa shape index (κ2) is 6.08. The summed E-state index contributed by atoms with van der Waals surface area (Å²) >= 11 is 5.61. The van der Waals surface area contributed by atoms with E-state index in [1.54, 1.807) is 0 Å². The first kappa shape index (κ1) is 18.2. The van der Waals surface area contributed by atoms with Crippen LogP contribution in [0, 0.1) is 0 Å². The molecule has 0 saturated carbocycles. The molecule has 12 heteroatoms. The number of sulfonamides is 1. The molecule has 1 aromatic rings. The van der Waals surface area contributed by atoms with Gasteiger partial charge in [-0.25, -0.2) is 16.8 Å². The second-order valence-electron chi connectivity index (χ2n) is 3.86. The average Bonchev–Trinajstić information content (AvgIpc) is 2.25. The highest BCUT2D eigenvalue weighted by molar-refractivity contribution is 7.91. The highest BCUT2D eigenvalue weighted by Gasteiger charge is 2.29. The van der Waals surface area contributed by atoms with E-state index in [4.69, 9.17) is 11.6 Å². The Morgan fingerprint density at radius 2 is 1.81 bits per heavy atom. The molecule has 0 aliphatic carbocycles. The maximum atomic E-state index is 11.9. The molecule has 0 fully saturated rings. The number of rotatable bonds is 5. The van der Waals surface area contributed by atoms with Crippen LogP contribution in [0.4, 0.5) is 13.2 Å². The molecule has 0 radical (unpaired) electrons. The van der Waals surface area contributed by atoms with Gasteiger partial charge >= 0.3 is 6.18 Å². The molecular weight excluding hydrogens is 359 g/mol. The first-order chi connectivity index (χ1) is 9.33. The number of hydrogen-bond acceptors (Lipinski definition) is 5. The molecule has 1 aromatic carbocycles. The summed E-state index contributed by atoms with van der Waals surface area (Å²) in [6.45, 7) is -1.85. The molecule has 0 saturated heterocycles. The fourth-order valence-electron chi connectivity index (χ4n) is 1.15. The van der Waals surface area contributed by atoms with Crippen LogP contribution in [0.15, 0.2) is 28.0 Å². The number of halogens is 4. The predicted molar refractivity (Wildman–Crippen MR) is 66.9 cm³/mol. The van der Waals surface area contributed by atoms with Crippen LogP contribution in [-0.2, 0) is 24.7 Å². The Hall–Kier alpha value is -0.880. The van der Waals surface area contributed by atoms with E-state index in [2.05, 4.69) is 4.84 Å². The summed E-state index contributed by atoms with van der Waals surface area (Å²) in [6, 6.07) is 2.78. The number of sulfone groups is 1. The minimum atomic E-state index is -4.74.